The van der Waals surface area contributed by atoms with E-state index in [-0.39, 0.29) is 29.7 Å². The first kappa shape index (κ1) is 16.8. The Bertz CT molecular complexity index is 793. The Morgan fingerprint density at radius 2 is 2.00 bits per heavy atom. The molecule has 2 amide bonds. The maximum atomic E-state index is 13.0. The number of likely N-dealkylation sites (N-methyl/N-ethyl adjacent to an activating group) is 1. The summed E-state index contributed by atoms with van der Waals surface area (Å²) in [4.78, 5) is 33.5. The van der Waals surface area contributed by atoms with E-state index in [9.17, 15) is 9.59 Å². The second-order valence-electron chi connectivity index (χ2n) is 7.17. The van der Waals surface area contributed by atoms with Crippen molar-refractivity contribution < 1.29 is 9.59 Å². The van der Waals surface area contributed by atoms with E-state index < -0.39 is 0 Å². The lowest BCUT2D eigenvalue weighted by Crippen LogP contribution is -2.53. The normalized spacial score (nSPS) is 25.0. The first-order valence-electron chi connectivity index (χ1n) is 9.20. The van der Waals surface area contributed by atoms with Gasteiger partial charge in [0.05, 0.1) is 0 Å². The number of para-hydroxylation sites is 1. The number of anilines is 1. The predicted molar refractivity (Wildman–Crippen MR) is 99.7 cm³/mol. The molecule has 2 fully saturated rings. The molecule has 1 aliphatic heterocycles. The SMILES string of the molecule is CN(C(=O)[C@@H]1C[C@H]1c1cccnc1)[C@@H]1CCCN(c2ccccc2)C1=O. The number of rotatable bonds is 4. The molecule has 0 spiro atoms. The van der Waals surface area contributed by atoms with Gasteiger partial charge in [0.1, 0.15) is 6.04 Å². The Morgan fingerprint density at radius 3 is 2.73 bits per heavy atom. The molecule has 5 nitrogen and oxygen atoms in total. The minimum Gasteiger partial charge on any atom is -0.333 e. The molecule has 1 aliphatic carbocycles. The molecule has 2 aliphatic rings. The molecule has 26 heavy (non-hydrogen) atoms. The minimum absolute atomic E-state index is 0.0240. The molecule has 0 N–H and O–H groups in total. The van der Waals surface area contributed by atoms with E-state index >= 15 is 0 Å². The molecule has 1 aromatic carbocycles. The quantitative estimate of drug-likeness (QED) is 0.853. The van der Waals surface area contributed by atoms with Crippen LogP contribution < -0.4 is 4.90 Å². The third-order valence-corrected chi connectivity index (χ3v) is 5.51. The van der Waals surface area contributed by atoms with Gasteiger partial charge in [0.15, 0.2) is 0 Å². The Morgan fingerprint density at radius 1 is 1.19 bits per heavy atom. The predicted octanol–water partition coefficient (Wildman–Crippen LogP) is 2.84. The molecular formula is C21H23N3O2. The smallest absolute Gasteiger partial charge is 0.249 e. The Hall–Kier alpha value is -2.69. The van der Waals surface area contributed by atoms with Gasteiger partial charge in [-0.1, -0.05) is 24.3 Å². The third-order valence-electron chi connectivity index (χ3n) is 5.51. The monoisotopic (exact) mass is 349 g/mol. The van der Waals surface area contributed by atoms with E-state index in [4.69, 9.17) is 0 Å². The summed E-state index contributed by atoms with van der Waals surface area (Å²) < 4.78 is 0. The highest BCUT2D eigenvalue weighted by atomic mass is 16.2. The van der Waals surface area contributed by atoms with Crippen LogP contribution >= 0.6 is 0 Å². The molecule has 1 aromatic heterocycles. The van der Waals surface area contributed by atoms with Crippen LogP contribution in [-0.4, -0.2) is 41.3 Å². The minimum atomic E-state index is -0.369. The average molecular weight is 349 g/mol. The van der Waals surface area contributed by atoms with Gasteiger partial charge in [-0.2, -0.15) is 0 Å². The summed E-state index contributed by atoms with van der Waals surface area (Å²) >= 11 is 0. The van der Waals surface area contributed by atoms with Crippen LogP contribution in [0.3, 0.4) is 0 Å². The lowest BCUT2D eigenvalue weighted by atomic mass is 10.0. The van der Waals surface area contributed by atoms with E-state index in [1.54, 1.807) is 18.1 Å². The first-order chi connectivity index (χ1) is 12.7. The maximum absolute atomic E-state index is 13.0. The van der Waals surface area contributed by atoms with E-state index in [1.165, 1.54) is 0 Å². The Labute approximate surface area is 153 Å². The summed E-state index contributed by atoms with van der Waals surface area (Å²) in [6.07, 6.45) is 6.06. The third kappa shape index (κ3) is 3.09. The zero-order chi connectivity index (χ0) is 18.1. The molecular weight excluding hydrogens is 326 g/mol. The van der Waals surface area contributed by atoms with E-state index in [0.717, 1.165) is 30.5 Å². The summed E-state index contributed by atoms with van der Waals surface area (Å²) in [6.45, 7) is 0.711. The molecule has 0 radical (unpaired) electrons. The summed E-state index contributed by atoms with van der Waals surface area (Å²) in [5.74, 6) is 0.315. The molecule has 1 saturated carbocycles. The number of aromatic nitrogens is 1. The van der Waals surface area contributed by atoms with Crippen molar-refractivity contribution in [2.24, 2.45) is 5.92 Å². The van der Waals surface area contributed by atoms with Gasteiger partial charge in [-0.25, -0.2) is 0 Å². The number of benzene rings is 1. The van der Waals surface area contributed by atoms with E-state index in [1.807, 2.05) is 53.6 Å². The van der Waals surface area contributed by atoms with Gasteiger partial charge >= 0.3 is 0 Å². The van der Waals surface area contributed by atoms with Crippen LogP contribution in [0, 0.1) is 5.92 Å². The van der Waals surface area contributed by atoms with Crippen molar-refractivity contribution in [2.75, 3.05) is 18.5 Å². The molecule has 2 aromatic rings. The molecule has 5 heteroatoms. The molecule has 0 bridgehead atoms. The van der Waals surface area contributed by atoms with Crippen molar-refractivity contribution >= 4 is 17.5 Å². The number of pyridine rings is 1. The highest BCUT2D eigenvalue weighted by molar-refractivity contribution is 6.00. The van der Waals surface area contributed by atoms with Crippen LogP contribution in [-0.2, 0) is 9.59 Å². The van der Waals surface area contributed by atoms with Crippen LogP contribution in [0.4, 0.5) is 5.69 Å². The standard InChI is InChI=1S/C21H23N3O2/c1-23(20(25)18-13-17(18)15-7-5-11-22-14-15)19-10-6-12-24(21(19)26)16-8-3-2-4-9-16/h2-5,7-9,11,14,17-19H,6,10,12-13H2,1H3/t17-,18+,19+/m0/s1. The van der Waals surface area contributed by atoms with Crippen LogP contribution in [0.1, 0.15) is 30.7 Å². The number of piperidine rings is 1. The van der Waals surface area contributed by atoms with Crippen molar-refractivity contribution in [1.82, 2.24) is 9.88 Å². The number of carbonyl (C=O) groups excluding carboxylic acids is 2. The second kappa shape index (κ2) is 6.90. The number of amides is 2. The first-order valence-corrected chi connectivity index (χ1v) is 9.20. The number of carbonyl (C=O) groups is 2. The van der Waals surface area contributed by atoms with Crippen LogP contribution in [0.5, 0.6) is 0 Å². The summed E-state index contributed by atoms with van der Waals surface area (Å²) in [7, 11) is 1.78. The molecule has 0 unspecified atom stereocenters. The van der Waals surface area contributed by atoms with Gasteiger partial charge in [0.25, 0.3) is 0 Å². The van der Waals surface area contributed by atoms with Crippen LogP contribution in [0.2, 0.25) is 0 Å². The highest BCUT2D eigenvalue weighted by Gasteiger charge is 2.47. The largest absolute Gasteiger partial charge is 0.333 e. The fraction of sp³-hybridized carbons (Fsp3) is 0.381. The van der Waals surface area contributed by atoms with Crippen LogP contribution in [0.15, 0.2) is 54.9 Å². The summed E-state index contributed by atoms with van der Waals surface area (Å²) in [5, 5.41) is 0. The zero-order valence-corrected chi connectivity index (χ0v) is 14.9. The van der Waals surface area contributed by atoms with Crippen molar-refractivity contribution in [3.63, 3.8) is 0 Å². The van der Waals surface area contributed by atoms with Crippen molar-refractivity contribution in [1.29, 1.82) is 0 Å². The molecule has 134 valence electrons. The fourth-order valence-corrected chi connectivity index (χ4v) is 3.93. The van der Waals surface area contributed by atoms with Gasteiger partial charge in [0.2, 0.25) is 11.8 Å². The highest BCUT2D eigenvalue weighted by Crippen LogP contribution is 2.48. The summed E-state index contributed by atoms with van der Waals surface area (Å²) in [5.41, 5.74) is 2.02. The molecule has 2 heterocycles. The Kier molecular flexibility index (Phi) is 4.45. The van der Waals surface area contributed by atoms with Crippen LogP contribution in [0.25, 0.3) is 0 Å². The van der Waals surface area contributed by atoms with Gasteiger partial charge < -0.3 is 9.80 Å². The number of nitrogens with zero attached hydrogens (tertiary/aromatic N) is 3. The second-order valence-corrected chi connectivity index (χ2v) is 7.17. The number of hydrogen-bond donors (Lipinski definition) is 0. The average Bonchev–Trinajstić information content (AvgIpc) is 3.49. The van der Waals surface area contributed by atoms with Crippen molar-refractivity contribution in [3.8, 4) is 0 Å². The van der Waals surface area contributed by atoms with Crippen molar-refractivity contribution in [3.05, 3.63) is 60.4 Å². The van der Waals surface area contributed by atoms with E-state index in [2.05, 4.69) is 4.98 Å². The summed E-state index contributed by atoms with van der Waals surface area (Å²) in [6, 6.07) is 13.3. The van der Waals surface area contributed by atoms with Gasteiger partial charge in [-0.15, -0.1) is 0 Å². The maximum Gasteiger partial charge on any atom is 0.249 e. The Balaban J connectivity index is 1.45. The number of hydrogen-bond acceptors (Lipinski definition) is 3. The molecule has 3 atom stereocenters. The fourth-order valence-electron chi connectivity index (χ4n) is 3.93. The van der Waals surface area contributed by atoms with Gasteiger partial charge in [0, 0.05) is 37.6 Å². The van der Waals surface area contributed by atoms with Gasteiger partial charge in [-0.05, 0) is 48.9 Å². The lowest BCUT2D eigenvalue weighted by Gasteiger charge is -2.37. The lowest BCUT2D eigenvalue weighted by molar-refractivity contribution is -0.140. The van der Waals surface area contributed by atoms with Gasteiger partial charge in [-0.3, -0.25) is 14.6 Å². The van der Waals surface area contributed by atoms with Crippen molar-refractivity contribution in [2.45, 2.75) is 31.2 Å². The molecule has 1 saturated heterocycles. The van der Waals surface area contributed by atoms with E-state index in [0.29, 0.717) is 6.54 Å². The molecule has 4 rings (SSSR count). The topological polar surface area (TPSA) is 53.5 Å². The zero-order valence-electron chi connectivity index (χ0n) is 14.9.